The number of anilines is 1. The van der Waals surface area contributed by atoms with Crippen molar-refractivity contribution in [2.75, 3.05) is 31.6 Å². The van der Waals surface area contributed by atoms with E-state index in [4.69, 9.17) is 0 Å². The van der Waals surface area contributed by atoms with Crippen LogP contribution in [0, 0.1) is 17.6 Å². The van der Waals surface area contributed by atoms with Gasteiger partial charge in [-0.25, -0.2) is 13.6 Å². The van der Waals surface area contributed by atoms with Crippen LogP contribution in [0.1, 0.15) is 6.42 Å². The molecule has 1 saturated heterocycles. The maximum Gasteiger partial charge on any atom is 0.411 e. The number of nitrogens with zero attached hydrogens (tertiary/aromatic N) is 2. The van der Waals surface area contributed by atoms with Crippen LogP contribution in [0.3, 0.4) is 0 Å². The van der Waals surface area contributed by atoms with Crippen molar-refractivity contribution >= 4 is 11.8 Å². The second-order valence-corrected chi connectivity index (χ2v) is 6.43. The molecule has 1 aliphatic rings. The Hall–Kier alpha value is -2.47. The van der Waals surface area contributed by atoms with E-state index in [1.807, 2.05) is 7.05 Å². The zero-order valence-corrected chi connectivity index (χ0v) is 14.0. The summed E-state index contributed by atoms with van der Waals surface area (Å²) < 4.78 is 27.9. The van der Waals surface area contributed by atoms with Gasteiger partial charge in [0.2, 0.25) is 0 Å². The van der Waals surface area contributed by atoms with Crippen molar-refractivity contribution < 1.29 is 18.7 Å². The van der Waals surface area contributed by atoms with Crippen molar-refractivity contribution in [2.45, 2.75) is 6.42 Å². The van der Waals surface area contributed by atoms with E-state index in [9.17, 15) is 18.7 Å². The lowest BCUT2D eigenvalue weighted by Gasteiger charge is -2.25. The van der Waals surface area contributed by atoms with Crippen LogP contribution in [-0.2, 0) is 0 Å². The van der Waals surface area contributed by atoms with Crippen LogP contribution in [0.2, 0.25) is 0 Å². The molecule has 1 fully saturated rings. The Bertz CT molecular complexity index is 782. The standard InChI is InChI=1S/C19H20F2N2O2/c1-22-10-9-13(11-22)12-23(19(24)25)17-8-3-2-5-14(17)15-6-4-7-16(20)18(15)21/h2-8,13H,9-12H2,1H3,(H,24,25)/t13-/m1/s1. The summed E-state index contributed by atoms with van der Waals surface area (Å²) in [5.74, 6) is -1.71. The summed E-state index contributed by atoms with van der Waals surface area (Å²) >= 11 is 0. The monoisotopic (exact) mass is 346 g/mol. The number of carbonyl (C=O) groups is 1. The van der Waals surface area contributed by atoms with Crippen LogP contribution in [0.15, 0.2) is 42.5 Å². The third kappa shape index (κ3) is 3.64. The molecule has 1 amide bonds. The number of amides is 1. The fraction of sp³-hybridized carbons (Fsp3) is 0.316. The Labute approximate surface area is 145 Å². The average molecular weight is 346 g/mol. The van der Waals surface area contributed by atoms with Crippen LogP contribution < -0.4 is 4.90 Å². The van der Waals surface area contributed by atoms with E-state index < -0.39 is 17.7 Å². The number of likely N-dealkylation sites (tertiary alicyclic amines) is 1. The Morgan fingerprint density at radius 3 is 2.60 bits per heavy atom. The van der Waals surface area contributed by atoms with Crippen LogP contribution in [0.4, 0.5) is 19.3 Å². The van der Waals surface area contributed by atoms with Gasteiger partial charge in [-0.1, -0.05) is 30.3 Å². The van der Waals surface area contributed by atoms with Crippen LogP contribution in [0.5, 0.6) is 0 Å². The zero-order chi connectivity index (χ0) is 18.0. The lowest BCUT2D eigenvalue weighted by molar-refractivity contribution is 0.200. The number of para-hydroxylation sites is 1. The molecule has 0 aromatic heterocycles. The summed E-state index contributed by atoms with van der Waals surface area (Å²) in [5, 5.41) is 9.69. The molecule has 4 nitrogen and oxygen atoms in total. The molecular weight excluding hydrogens is 326 g/mol. The topological polar surface area (TPSA) is 43.8 Å². The maximum atomic E-state index is 14.2. The van der Waals surface area contributed by atoms with Crippen LogP contribution in [0.25, 0.3) is 11.1 Å². The Kier molecular flexibility index (Phi) is 4.99. The van der Waals surface area contributed by atoms with Gasteiger partial charge in [0.05, 0.1) is 5.69 Å². The van der Waals surface area contributed by atoms with Crippen molar-refractivity contribution in [3.05, 3.63) is 54.1 Å². The third-order valence-corrected chi connectivity index (χ3v) is 4.60. The maximum absolute atomic E-state index is 14.2. The highest BCUT2D eigenvalue weighted by molar-refractivity contribution is 5.93. The van der Waals surface area contributed by atoms with Crippen molar-refractivity contribution in [3.63, 3.8) is 0 Å². The van der Waals surface area contributed by atoms with E-state index in [1.165, 1.54) is 17.0 Å². The molecule has 0 saturated carbocycles. The molecule has 2 aromatic rings. The largest absolute Gasteiger partial charge is 0.465 e. The van der Waals surface area contributed by atoms with E-state index in [0.29, 0.717) is 17.8 Å². The molecule has 0 bridgehead atoms. The highest BCUT2D eigenvalue weighted by Gasteiger charge is 2.27. The lowest BCUT2D eigenvalue weighted by Crippen LogP contribution is -2.35. The first-order chi connectivity index (χ1) is 12.0. The summed E-state index contributed by atoms with van der Waals surface area (Å²) in [6, 6.07) is 10.6. The predicted octanol–water partition coefficient (Wildman–Crippen LogP) is 4.07. The Morgan fingerprint density at radius 2 is 1.92 bits per heavy atom. The number of rotatable bonds is 4. The van der Waals surface area contributed by atoms with Gasteiger partial charge in [-0.05, 0) is 38.1 Å². The molecule has 1 N–H and O–H groups in total. The molecule has 0 unspecified atom stereocenters. The van der Waals surface area contributed by atoms with E-state index in [1.54, 1.807) is 24.3 Å². The lowest BCUT2D eigenvalue weighted by atomic mass is 10.0. The molecule has 6 heteroatoms. The SMILES string of the molecule is CN1CC[C@@H](CN(C(=O)O)c2ccccc2-c2cccc(F)c2F)C1. The van der Waals surface area contributed by atoms with Crippen molar-refractivity contribution in [3.8, 4) is 11.1 Å². The van der Waals surface area contributed by atoms with Gasteiger partial charge >= 0.3 is 6.09 Å². The number of carboxylic acid groups (broad SMARTS) is 1. The van der Waals surface area contributed by atoms with Crippen molar-refractivity contribution in [2.24, 2.45) is 5.92 Å². The van der Waals surface area contributed by atoms with E-state index >= 15 is 0 Å². The van der Waals surface area contributed by atoms with Crippen molar-refractivity contribution in [1.82, 2.24) is 4.90 Å². The smallest absolute Gasteiger partial charge is 0.411 e. The number of hydrogen-bond donors (Lipinski definition) is 1. The van der Waals surface area contributed by atoms with Gasteiger partial charge in [0, 0.05) is 24.2 Å². The summed E-state index contributed by atoms with van der Waals surface area (Å²) in [7, 11) is 2.00. The van der Waals surface area contributed by atoms with Gasteiger partial charge in [-0.3, -0.25) is 4.90 Å². The molecule has 132 valence electrons. The Balaban J connectivity index is 2.00. The number of benzene rings is 2. The first-order valence-electron chi connectivity index (χ1n) is 8.19. The zero-order valence-electron chi connectivity index (χ0n) is 14.0. The molecule has 0 radical (unpaired) electrons. The predicted molar refractivity (Wildman–Crippen MR) is 92.8 cm³/mol. The van der Waals surface area contributed by atoms with Crippen LogP contribution in [-0.4, -0.2) is 42.8 Å². The molecule has 2 aromatic carbocycles. The van der Waals surface area contributed by atoms with E-state index in [0.717, 1.165) is 25.6 Å². The third-order valence-electron chi connectivity index (χ3n) is 4.60. The fourth-order valence-corrected chi connectivity index (χ4v) is 3.36. The highest BCUT2D eigenvalue weighted by atomic mass is 19.2. The molecule has 0 aliphatic carbocycles. The number of hydrogen-bond acceptors (Lipinski definition) is 2. The highest BCUT2D eigenvalue weighted by Crippen LogP contribution is 2.34. The molecule has 0 spiro atoms. The molecular formula is C19H20F2N2O2. The Morgan fingerprint density at radius 1 is 1.20 bits per heavy atom. The molecule has 1 aliphatic heterocycles. The minimum Gasteiger partial charge on any atom is -0.465 e. The van der Waals surface area contributed by atoms with E-state index in [-0.39, 0.29) is 11.5 Å². The van der Waals surface area contributed by atoms with Gasteiger partial charge in [0.25, 0.3) is 0 Å². The second kappa shape index (κ2) is 7.19. The molecule has 3 rings (SSSR count). The summed E-state index contributed by atoms with van der Waals surface area (Å²) in [5.41, 5.74) is 0.799. The normalized spacial score (nSPS) is 17.6. The second-order valence-electron chi connectivity index (χ2n) is 6.43. The van der Waals surface area contributed by atoms with Crippen LogP contribution >= 0.6 is 0 Å². The number of halogens is 2. The van der Waals surface area contributed by atoms with Gasteiger partial charge in [-0.15, -0.1) is 0 Å². The minimum absolute atomic E-state index is 0.0605. The van der Waals surface area contributed by atoms with Gasteiger partial charge in [-0.2, -0.15) is 0 Å². The molecule has 1 atom stereocenters. The molecule has 25 heavy (non-hydrogen) atoms. The first-order valence-corrected chi connectivity index (χ1v) is 8.19. The molecule has 1 heterocycles. The van der Waals surface area contributed by atoms with Gasteiger partial charge in [0.1, 0.15) is 0 Å². The summed E-state index contributed by atoms with van der Waals surface area (Å²) in [6.07, 6.45) is -0.185. The van der Waals surface area contributed by atoms with Gasteiger partial charge in [0.15, 0.2) is 11.6 Å². The first kappa shape index (κ1) is 17.4. The quantitative estimate of drug-likeness (QED) is 0.908. The fourth-order valence-electron chi connectivity index (χ4n) is 3.36. The van der Waals surface area contributed by atoms with E-state index in [2.05, 4.69) is 4.90 Å². The van der Waals surface area contributed by atoms with Crippen molar-refractivity contribution in [1.29, 1.82) is 0 Å². The minimum atomic E-state index is -1.10. The summed E-state index contributed by atoms with van der Waals surface area (Å²) in [4.78, 5) is 15.2. The van der Waals surface area contributed by atoms with Gasteiger partial charge < -0.3 is 10.0 Å². The average Bonchev–Trinajstić information content (AvgIpc) is 3.00. The summed E-state index contributed by atoms with van der Waals surface area (Å²) in [6.45, 7) is 2.08.